The van der Waals surface area contributed by atoms with Crippen molar-refractivity contribution >= 4 is 21.8 Å². The number of nitrogens with zero attached hydrogens (tertiary/aromatic N) is 4. The van der Waals surface area contributed by atoms with E-state index in [4.69, 9.17) is 19.7 Å². The molecule has 2 aromatic heterocycles. The Morgan fingerprint density at radius 2 is 1.11 bits per heavy atom. The summed E-state index contributed by atoms with van der Waals surface area (Å²) in [6.07, 6.45) is 4.85. The van der Waals surface area contributed by atoms with E-state index in [9.17, 15) is 0 Å². The van der Waals surface area contributed by atoms with Crippen molar-refractivity contribution in [3.63, 3.8) is 0 Å². The fraction of sp³-hybridized carbons (Fsp3) is 0.133. The molecule has 7 heteroatoms. The largest absolute Gasteiger partial charge is 2.00 e. The summed E-state index contributed by atoms with van der Waals surface area (Å²) in [5, 5.41) is 11.6. The molecule has 37 heavy (non-hydrogen) atoms. The van der Waals surface area contributed by atoms with Gasteiger partial charge >= 0.3 is 21.1 Å². The van der Waals surface area contributed by atoms with E-state index in [-0.39, 0.29) is 21.1 Å². The molecule has 184 valence electrons. The van der Waals surface area contributed by atoms with Crippen molar-refractivity contribution in [3.8, 4) is 11.4 Å². The van der Waals surface area contributed by atoms with Crippen LogP contribution in [0.15, 0.2) is 97.3 Å². The average molecular weight is 666 g/mol. The molecular formula is C30H22N4O2Pt. The molecule has 0 saturated carbocycles. The Bertz CT molecular complexity index is 1520. The standard InChI is InChI=1S/C30H22N4O2.Pt/c1-3-14-28-22(8-1)20-33(31-28)26-12-5-10-24(18-26)30(35-16-7-17-36-30)25-11-6-13-27(19-25)34-21-23-9-2-4-15-29(23)32-34;/h1-6,8-15,20-21H,7,16-17H2;/q-2;+2. The first-order valence-electron chi connectivity index (χ1n) is 12.0. The van der Waals surface area contributed by atoms with E-state index in [0.717, 1.165) is 50.7 Å². The smallest absolute Gasteiger partial charge is 0.346 e. The molecule has 1 aliphatic heterocycles. The maximum Gasteiger partial charge on any atom is 2.00 e. The Kier molecular flexibility index (Phi) is 6.25. The first-order chi connectivity index (χ1) is 17.8. The molecule has 6 aromatic rings. The number of aromatic nitrogens is 4. The molecular weight excluding hydrogens is 643 g/mol. The summed E-state index contributed by atoms with van der Waals surface area (Å²) in [5.74, 6) is -1.12. The zero-order chi connectivity index (χ0) is 24.0. The van der Waals surface area contributed by atoms with Crippen molar-refractivity contribution in [1.29, 1.82) is 0 Å². The van der Waals surface area contributed by atoms with Crippen LogP contribution in [0.1, 0.15) is 17.5 Å². The van der Waals surface area contributed by atoms with Gasteiger partial charge in [-0.05, 0) is 29.9 Å². The first kappa shape index (κ1) is 23.8. The minimum Gasteiger partial charge on any atom is -0.346 e. The summed E-state index contributed by atoms with van der Waals surface area (Å²) in [6.45, 7) is 1.15. The van der Waals surface area contributed by atoms with Crippen LogP contribution < -0.4 is 0 Å². The van der Waals surface area contributed by atoms with Crippen molar-refractivity contribution in [3.05, 3.63) is 121 Å². The predicted octanol–water partition coefficient (Wildman–Crippen LogP) is 5.60. The van der Waals surface area contributed by atoms with Crippen LogP contribution in [0.2, 0.25) is 0 Å². The SMILES string of the molecule is [Pt+2].[c-]1c(-n2cc3ccccc3n2)cccc1C1(c2[c-]c(-n3cc4ccccc4n3)ccc2)OCCCO1. The Balaban J connectivity index is 0.00000252. The summed E-state index contributed by atoms with van der Waals surface area (Å²) >= 11 is 0. The maximum absolute atomic E-state index is 6.39. The third-order valence-corrected chi connectivity index (χ3v) is 6.49. The molecule has 6 nitrogen and oxygen atoms in total. The second kappa shape index (κ2) is 9.71. The van der Waals surface area contributed by atoms with Gasteiger partial charge in [-0.25, -0.2) is 0 Å². The van der Waals surface area contributed by atoms with Crippen LogP contribution in [-0.4, -0.2) is 32.8 Å². The molecule has 0 N–H and O–H groups in total. The van der Waals surface area contributed by atoms with E-state index < -0.39 is 5.79 Å². The van der Waals surface area contributed by atoms with Crippen molar-refractivity contribution in [2.45, 2.75) is 12.2 Å². The van der Waals surface area contributed by atoms with E-state index in [1.165, 1.54) is 0 Å². The fourth-order valence-corrected chi connectivity index (χ4v) is 4.73. The molecule has 1 fully saturated rings. The minimum absolute atomic E-state index is 0. The molecule has 0 atom stereocenters. The molecule has 1 saturated heterocycles. The van der Waals surface area contributed by atoms with E-state index >= 15 is 0 Å². The number of benzene rings is 4. The Hall–Kier alpha value is -3.57. The van der Waals surface area contributed by atoms with Gasteiger partial charge in [0.05, 0.1) is 24.2 Å². The van der Waals surface area contributed by atoms with E-state index in [1.807, 2.05) is 94.6 Å². The fourth-order valence-electron chi connectivity index (χ4n) is 4.73. The summed E-state index contributed by atoms with van der Waals surface area (Å²) in [5.41, 5.74) is 5.05. The van der Waals surface area contributed by atoms with Crippen LogP contribution in [-0.2, 0) is 36.3 Å². The van der Waals surface area contributed by atoms with Gasteiger partial charge in [-0.1, -0.05) is 47.5 Å². The van der Waals surface area contributed by atoms with Gasteiger partial charge in [0.2, 0.25) is 0 Å². The number of rotatable bonds is 4. The molecule has 0 aliphatic carbocycles. The molecule has 0 radical (unpaired) electrons. The third-order valence-electron chi connectivity index (χ3n) is 6.49. The third kappa shape index (κ3) is 4.21. The summed E-state index contributed by atoms with van der Waals surface area (Å²) in [6, 6.07) is 35.1. The summed E-state index contributed by atoms with van der Waals surface area (Å²) < 4.78 is 16.5. The molecule has 3 heterocycles. The molecule has 0 bridgehead atoms. The van der Waals surface area contributed by atoms with Crippen molar-refractivity contribution < 1.29 is 30.5 Å². The molecule has 0 amide bonds. The summed E-state index contributed by atoms with van der Waals surface area (Å²) in [7, 11) is 0. The zero-order valence-electron chi connectivity index (χ0n) is 19.8. The molecule has 1 aliphatic rings. The van der Waals surface area contributed by atoms with Gasteiger partial charge in [-0.3, -0.25) is 9.36 Å². The maximum atomic E-state index is 6.39. The van der Waals surface area contributed by atoms with Gasteiger partial charge in [-0.15, -0.1) is 24.3 Å². The quantitative estimate of drug-likeness (QED) is 0.230. The normalized spacial score (nSPS) is 15.0. The van der Waals surface area contributed by atoms with Crippen LogP contribution in [0.4, 0.5) is 0 Å². The second-order valence-electron chi connectivity index (χ2n) is 8.83. The van der Waals surface area contributed by atoms with Crippen molar-refractivity contribution in [2.24, 2.45) is 0 Å². The van der Waals surface area contributed by atoms with Gasteiger partial charge in [-0.2, -0.15) is 34.5 Å². The van der Waals surface area contributed by atoms with Crippen LogP contribution in [0, 0.1) is 12.1 Å². The zero-order valence-corrected chi connectivity index (χ0v) is 22.1. The van der Waals surface area contributed by atoms with Gasteiger partial charge in [0.25, 0.3) is 0 Å². The number of fused-ring (bicyclic) bond motifs is 2. The van der Waals surface area contributed by atoms with Crippen LogP contribution in [0.3, 0.4) is 0 Å². The molecule has 0 spiro atoms. The summed E-state index contributed by atoms with van der Waals surface area (Å²) in [4.78, 5) is 0. The van der Waals surface area contributed by atoms with Gasteiger partial charge in [0.15, 0.2) is 5.79 Å². The van der Waals surface area contributed by atoms with E-state index in [1.54, 1.807) is 0 Å². The van der Waals surface area contributed by atoms with Crippen molar-refractivity contribution in [2.75, 3.05) is 13.2 Å². The van der Waals surface area contributed by atoms with Crippen LogP contribution in [0.5, 0.6) is 0 Å². The topological polar surface area (TPSA) is 54.1 Å². The van der Waals surface area contributed by atoms with E-state index in [2.05, 4.69) is 24.3 Å². The predicted molar refractivity (Wildman–Crippen MR) is 137 cm³/mol. The van der Waals surface area contributed by atoms with Gasteiger partial charge in [0, 0.05) is 23.2 Å². The van der Waals surface area contributed by atoms with Gasteiger partial charge in [0.1, 0.15) is 0 Å². The Morgan fingerprint density at radius 3 is 1.59 bits per heavy atom. The molecule has 7 rings (SSSR count). The van der Waals surface area contributed by atoms with Crippen LogP contribution in [0.25, 0.3) is 33.2 Å². The average Bonchev–Trinajstić information content (AvgIpc) is 3.58. The Labute approximate surface area is 228 Å². The van der Waals surface area contributed by atoms with E-state index in [0.29, 0.717) is 13.2 Å². The minimum atomic E-state index is -1.12. The number of ether oxygens (including phenoxy) is 2. The molecule has 0 unspecified atom stereocenters. The van der Waals surface area contributed by atoms with Gasteiger partial charge < -0.3 is 9.47 Å². The monoisotopic (exact) mass is 665 g/mol. The number of hydrogen-bond acceptors (Lipinski definition) is 4. The van der Waals surface area contributed by atoms with Crippen molar-refractivity contribution in [1.82, 2.24) is 19.6 Å². The Morgan fingerprint density at radius 1 is 0.622 bits per heavy atom. The molecule has 4 aromatic carbocycles. The second-order valence-corrected chi connectivity index (χ2v) is 8.83. The first-order valence-corrected chi connectivity index (χ1v) is 12.0. The number of hydrogen-bond donors (Lipinski definition) is 0. The van der Waals surface area contributed by atoms with Crippen LogP contribution >= 0.6 is 0 Å².